The van der Waals surface area contributed by atoms with Crippen LogP contribution in [0.5, 0.6) is 0 Å². The maximum Gasteiger partial charge on any atom is 0.408 e. The molecule has 2 amide bonds. The number of ether oxygens (including phenoxy) is 1. The lowest BCUT2D eigenvalue weighted by Gasteiger charge is -2.30. The number of rotatable bonds is 8. The first kappa shape index (κ1) is 23.8. The van der Waals surface area contributed by atoms with Gasteiger partial charge in [-0.3, -0.25) is 9.59 Å². The molecule has 0 bridgehead atoms. The molecule has 0 saturated carbocycles. The number of benzene rings is 1. The average Bonchev–Trinajstić information content (AvgIpc) is 2.67. The quantitative estimate of drug-likeness (QED) is 0.624. The van der Waals surface area contributed by atoms with Gasteiger partial charge >= 0.3 is 6.09 Å². The van der Waals surface area contributed by atoms with Crippen molar-refractivity contribution in [3.63, 3.8) is 0 Å². The molecule has 1 unspecified atom stereocenters. The fourth-order valence-corrected chi connectivity index (χ4v) is 3.91. The largest absolute Gasteiger partial charge is 0.445 e. The molecule has 1 heterocycles. The molecule has 1 aromatic rings. The second kappa shape index (κ2) is 10.5. The summed E-state index contributed by atoms with van der Waals surface area (Å²) < 4.78 is 29.5. The highest BCUT2D eigenvalue weighted by molar-refractivity contribution is 7.88. The number of piperidine rings is 1. The fraction of sp³-hybridized carbons (Fsp3) is 0.550. The predicted octanol–water partition coefficient (Wildman–Crippen LogP) is 1.05. The monoisotopic (exact) mass is 439 g/mol. The molecule has 2 rings (SSSR count). The second-order valence-electron chi connectivity index (χ2n) is 7.80. The van der Waals surface area contributed by atoms with E-state index < -0.39 is 34.1 Å². The fourth-order valence-electron chi connectivity index (χ4n) is 3.12. The molecule has 1 fully saturated rings. The molecule has 0 radical (unpaired) electrons. The molecule has 1 aliphatic rings. The Morgan fingerprint density at radius 3 is 2.47 bits per heavy atom. The number of nitrogens with zero attached hydrogens (tertiary/aromatic N) is 1. The first-order chi connectivity index (χ1) is 14.1. The van der Waals surface area contributed by atoms with Gasteiger partial charge in [0, 0.05) is 6.54 Å². The summed E-state index contributed by atoms with van der Waals surface area (Å²) >= 11 is 0. The summed E-state index contributed by atoms with van der Waals surface area (Å²) in [6.45, 7) is 3.77. The molecule has 2 N–H and O–H groups in total. The van der Waals surface area contributed by atoms with Gasteiger partial charge < -0.3 is 15.4 Å². The number of hydrogen-bond donors (Lipinski definition) is 2. The normalized spacial score (nSPS) is 18.7. The van der Waals surface area contributed by atoms with Crippen LogP contribution in [0.3, 0.4) is 0 Å². The van der Waals surface area contributed by atoms with E-state index in [9.17, 15) is 22.8 Å². The molecule has 0 aliphatic carbocycles. The van der Waals surface area contributed by atoms with Crippen LogP contribution in [-0.4, -0.2) is 61.9 Å². The van der Waals surface area contributed by atoms with Crippen LogP contribution in [0, 0.1) is 5.92 Å². The minimum Gasteiger partial charge on any atom is -0.445 e. The Bertz CT molecular complexity index is 857. The third-order valence-electron chi connectivity index (χ3n) is 4.70. The minimum atomic E-state index is -3.46. The molecule has 1 aromatic carbocycles. The standard InChI is InChI=1S/C20H29N3O6S/c1-14(2)11-17(22-20(26)29-13-15-7-5-4-6-8-15)19(25)21-16-9-10-23(12-18(16)24)30(3,27)28/h4-8,14,16-17H,9-13H2,1-3H3,(H,21,25)(H,22,26)/t16?,17-/m0/s1. The van der Waals surface area contributed by atoms with Gasteiger partial charge in [-0.25, -0.2) is 13.2 Å². The number of alkyl carbamates (subject to hydrolysis) is 1. The Balaban J connectivity index is 1.93. The van der Waals surface area contributed by atoms with Gasteiger partial charge in [0.1, 0.15) is 12.6 Å². The lowest BCUT2D eigenvalue weighted by Crippen LogP contribution is -2.56. The van der Waals surface area contributed by atoms with E-state index in [-0.39, 0.29) is 37.8 Å². The highest BCUT2D eigenvalue weighted by Crippen LogP contribution is 2.12. The van der Waals surface area contributed by atoms with E-state index >= 15 is 0 Å². The summed E-state index contributed by atoms with van der Waals surface area (Å²) in [6, 6.07) is 7.50. The van der Waals surface area contributed by atoms with Crippen LogP contribution in [0.15, 0.2) is 30.3 Å². The van der Waals surface area contributed by atoms with Crippen LogP contribution in [0.4, 0.5) is 4.79 Å². The Kier molecular flexibility index (Phi) is 8.36. The minimum absolute atomic E-state index is 0.0745. The van der Waals surface area contributed by atoms with Crippen LogP contribution in [0.2, 0.25) is 0 Å². The van der Waals surface area contributed by atoms with Crippen LogP contribution in [-0.2, 0) is 31.0 Å². The van der Waals surface area contributed by atoms with E-state index in [0.29, 0.717) is 6.42 Å². The molecule has 1 aliphatic heterocycles. The molecule has 166 valence electrons. The van der Waals surface area contributed by atoms with Gasteiger partial charge in [-0.05, 0) is 24.3 Å². The number of Topliss-reactive ketones (excluding diaryl/α,β-unsaturated/α-hetero) is 1. The van der Waals surface area contributed by atoms with Crippen molar-refractivity contribution in [1.29, 1.82) is 0 Å². The maximum atomic E-state index is 12.7. The van der Waals surface area contributed by atoms with Gasteiger partial charge in [0.25, 0.3) is 0 Å². The van der Waals surface area contributed by atoms with E-state index in [1.54, 1.807) is 0 Å². The summed E-state index contributed by atoms with van der Waals surface area (Å²) in [5.74, 6) is -0.764. The molecule has 0 spiro atoms. The molecule has 0 aromatic heterocycles. The number of nitrogens with one attached hydrogen (secondary N) is 2. The predicted molar refractivity (Wildman–Crippen MR) is 111 cm³/mol. The van der Waals surface area contributed by atoms with Gasteiger partial charge in [0.05, 0.1) is 18.8 Å². The number of sulfonamides is 1. The highest BCUT2D eigenvalue weighted by Gasteiger charge is 2.34. The molecule has 1 saturated heterocycles. The van der Waals surface area contributed by atoms with Crippen molar-refractivity contribution < 1.29 is 27.5 Å². The van der Waals surface area contributed by atoms with Gasteiger partial charge in [0.2, 0.25) is 15.9 Å². The number of carbonyl (C=O) groups excluding carboxylic acids is 3. The third-order valence-corrected chi connectivity index (χ3v) is 5.95. The summed E-state index contributed by atoms with van der Waals surface area (Å²) in [6.07, 6.45) is 0.869. The van der Waals surface area contributed by atoms with E-state index in [0.717, 1.165) is 16.1 Å². The Hall–Kier alpha value is -2.46. The zero-order valence-electron chi connectivity index (χ0n) is 17.5. The smallest absolute Gasteiger partial charge is 0.408 e. The SMILES string of the molecule is CC(C)C[C@H](NC(=O)OCc1ccccc1)C(=O)NC1CCN(S(C)(=O)=O)CC1=O. The highest BCUT2D eigenvalue weighted by atomic mass is 32.2. The van der Waals surface area contributed by atoms with Crippen molar-refractivity contribution >= 4 is 27.8 Å². The van der Waals surface area contributed by atoms with Crippen LogP contribution in [0.25, 0.3) is 0 Å². The van der Waals surface area contributed by atoms with Gasteiger partial charge in [0.15, 0.2) is 5.78 Å². The topological polar surface area (TPSA) is 122 Å². The van der Waals surface area contributed by atoms with Crippen molar-refractivity contribution in [2.24, 2.45) is 5.92 Å². The zero-order valence-corrected chi connectivity index (χ0v) is 18.3. The Labute approximate surface area is 177 Å². The summed E-state index contributed by atoms with van der Waals surface area (Å²) in [4.78, 5) is 37.2. The van der Waals surface area contributed by atoms with Crippen LogP contribution < -0.4 is 10.6 Å². The average molecular weight is 440 g/mol. The van der Waals surface area contributed by atoms with Crippen molar-refractivity contribution in [3.8, 4) is 0 Å². The first-order valence-corrected chi connectivity index (χ1v) is 11.7. The van der Waals surface area contributed by atoms with Crippen molar-refractivity contribution in [3.05, 3.63) is 35.9 Å². The summed E-state index contributed by atoms with van der Waals surface area (Å²) in [5, 5.41) is 5.21. The first-order valence-electron chi connectivity index (χ1n) is 9.81. The third kappa shape index (κ3) is 7.42. The molecule has 30 heavy (non-hydrogen) atoms. The van der Waals surface area contributed by atoms with E-state index in [4.69, 9.17) is 4.74 Å². The number of hydrogen-bond acceptors (Lipinski definition) is 6. The lowest BCUT2D eigenvalue weighted by atomic mass is 10.0. The molecular weight excluding hydrogens is 410 g/mol. The van der Waals surface area contributed by atoms with Gasteiger partial charge in [-0.1, -0.05) is 44.2 Å². The maximum absolute atomic E-state index is 12.7. The zero-order chi connectivity index (χ0) is 22.3. The van der Waals surface area contributed by atoms with Gasteiger partial charge in [-0.15, -0.1) is 0 Å². The molecule has 2 atom stereocenters. The molecule has 10 heteroatoms. The molecular formula is C20H29N3O6S. The summed E-state index contributed by atoms with van der Waals surface area (Å²) in [5.41, 5.74) is 0.820. The number of ketones is 1. The van der Waals surface area contributed by atoms with E-state index in [2.05, 4.69) is 10.6 Å². The Morgan fingerprint density at radius 2 is 1.90 bits per heavy atom. The Morgan fingerprint density at radius 1 is 1.23 bits per heavy atom. The van der Waals surface area contributed by atoms with E-state index in [1.807, 2.05) is 44.2 Å². The van der Waals surface area contributed by atoms with Crippen molar-refractivity contribution in [2.45, 2.75) is 45.4 Å². The van der Waals surface area contributed by atoms with Crippen LogP contribution in [0.1, 0.15) is 32.3 Å². The number of amides is 2. The number of carbonyl (C=O) groups is 3. The molecule has 9 nitrogen and oxygen atoms in total. The second-order valence-corrected chi connectivity index (χ2v) is 9.78. The van der Waals surface area contributed by atoms with Gasteiger partial charge in [-0.2, -0.15) is 4.31 Å². The van der Waals surface area contributed by atoms with Crippen molar-refractivity contribution in [2.75, 3.05) is 19.3 Å². The van der Waals surface area contributed by atoms with Crippen molar-refractivity contribution in [1.82, 2.24) is 14.9 Å². The summed E-state index contributed by atoms with van der Waals surface area (Å²) in [7, 11) is -3.46. The lowest BCUT2D eigenvalue weighted by molar-refractivity contribution is -0.130. The van der Waals surface area contributed by atoms with E-state index in [1.165, 1.54) is 0 Å². The van der Waals surface area contributed by atoms with Crippen LogP contribution >= 0.6 is 0 Å².